The zero-order valence-electron chi connectivity index (χ0n) is 9.67. The first-order valence-corrected chi connectivity index (χ1v) is 7.12. The molecule has 18 heavy (non-hydrogen) atoms. The lowest BCUT2D eigenvalue weighted by molar-refractivity contribution is -0.134. The predicted octanol–water partition coefficient (Wildman–Crippen LogP) is 0.436. The van der Waals surface area contributed by atoms with Crippen molar-refractivity contribution < 1.29 is 18.3 Å². The number of fused-ring (bicyclic) bond motifs is 1. The van der Waals surface area contributed by atoms with Gasteiger partial charge in [0.1, 0.15) is 0 Å². The monoisotopic (exact) mass is 270 g/mol. The van der Waals surface area contributed by atoms with Crippen molar-refractivity contribution >= 4 is 27.4 Å². The van der Waals surface area contributed by atoms with E-state index in [1.54, 1.807) is 18.2 Å². The minimum absolute atomic E-state index is 0.312. The minimum Gasteiger partial charge on any atom is -0.480 e. The summed E-state index contributed by atoms with van der Waals surface area (Å²) in [7, 11) is -3.82. The summed E-state index contributed by atoms with van der Waals surface area (Å²) in [5, 5.41) is 8.65. The molecule has 0 unspecified atom stereocenters. The highest BCUT2D eigenvalue weighted by Gasteiger charge is 2.29. The largest absolute Gasteiger partial charge is 0.480 e. The van der Waals surface area contributed by atoms with Crippen molar-refractivity contribution in [2.24, 2.45) is 0 Å². The molecule has 0 radical (unpaired) electrons. The summed E-state index contributed by atoms with van der Waals surface area (Å²) < 4.78 is 25.1. The van der Waals surface area contributed by atoms with E-state index >= 15 is 0 Å². The smallest absolute Gasteiger partial charge is 0.320 e. The van der Waals surface area contributed by atoms with Gasteiger partial charge in [-0.25, -0.2) is 8.42 Å². The number of nitrogens with zero attached hydrogens (tertiary/aromatic N) is 1. The molecule has 0 amide bonds. The SMILES string of the molecule is Nc1ccc2c(c1)CCCN2S(=O)(=O)CC(=O)O. The van der Waals surface area contributed by atoms with E-state index in [-0.39, 0.29) is 0 Å². The first-order valence-electron chi connectivity index (χ1n) is 5.51. The van der Waals surface area contributed by atoms with Gasteiger partial charge in [-0.3, -0.25) is 9.10 Å². The van der Waals surface area contributed by atoms with Crippen molar-refractivity contribution in [1.29, 1.82) is 0 Å². The fraction of sp³-hybridized carbons (Fsp3) is 0.364. The van der Waals surface area contributed by atoms with Gasteiger partial charge in [0.15, 0.2) is 5.75 Å². The molecule has 98 valence electrons. The summed E-state index contributed by atoms with van der Waals surface area (Å²) in [4.78, 5) is 10.6. The molecule has 0 fully saturated rings. The Balaban J connectivity index is 2.42. The molecule has 0 aromatic heterocycles. The van der Waals surface area contributed by atoms with Crippen molar-refractivity contribution in [3.8, 4) is 0 Å². The molecule has 0 spiro atoms. The van der Waals surface area contributed by atoms with Crippen LogP contribution in [0, 0.1) is 0 Å². The molecule has 0 saturated carbocycles. The Morgan fingerprint density at radius 3 is 2.83 bits per heavy atom. The maximum atomic E-state index is 12.0. The molecule has 1 aromatic carbocycles. The normalized spacial score (nSPS) is 15.2. The van der Waals surface area contributed by atoms with Gasteiger partial charge in [-0.1, -0.05) is 0 Å². The van der Waals surface area contributed by atoms with E-state index in [0.717, 1.165) is 12.0 Å². The lowest BCUT2D eigenvalue weighted by atomic mass is 10.0. The van der Waals surface area contributed by atoms with E-state index < -0.39 is 21.7 Å². The molecule has 6 nitrogen and oxygen atoms in total. The molecule has 1 heterocycles. The molecule has 2 rings (SSSR count). The van der Waals surface area contributed by atoms with Crippen LogP contribution in [-0.2, 0) is 21.2 Å². The predicted molar refractivity (Wildman–Crippen MR) is 67.9 cm³/mol. The van der Waals surface area contributed by atoms with E-state index in [4.69, 9.17) is 10.8 Å². The van der Waals surface area contributed by atoms with Gasteiger partial charge in [-0.05, 0) is 36.6 Å². The number of hydrogen-bond donors (Lipinski definition) is 2. The molecule has 0 atom stereocenters. The Kier molecular flexibility index (Phi) is 3.16. The first kappa shape index (κ1) is 12.7. The lowest BCUT2D eigenvalue weighted by Crippen LogP contribution is -2.38. The number of aryl methyl sites for hydroxylation is 1. The third kappa shape index (κ3) is 2.40. The first-order chi connectivity index (χ1) is 8.40. The summed E-state index contributed by atoms with van der Waals surface area (Å²) in [5.41, 5.74) is 7.61. The number of carboxylic acids is 1. The average Bonchev–Trinajstić information content (AvgIpc) is 2.26. The summed E-state index contributed by atoms with van der Waals surface area (Å²) in [5.74, 6) is -2.24. The molecular formula is C11H14N2O4S. The van der Waals surface area contributed by atoms with Crippen LogP contribution in [0.15, 0.2) is 18.2 Å². The Hall–Kier alpha value is -1.76. The maximum Gasteiger partial charge on any atom is 0.320 e. The van der Waals surface area contributed by atoms with Crippen LogP contribution < -0.4 is 10.0 Å². The fourth-order valence-corrected chi connectivity index (χ4v) is 3.46. The van der Waals surface area contributed by atoms with Crippen LogP contribution in [0.25, 0.3) is 0 Å². The third-order valence-electron chi connectivity index (χ3n) is 2.82. The molecule has 3 N–H and O–H groups in total. The van der Waals surface area contributed by atoms with Crippen LogP contribution in [-0.4, -0.2) is 31.8 Å². The molecule has 1 aliphatic rings. The van der Waals surface area contributed by atoms with E-state index in [2.05, 4.69) is 0 Å². The lowest BCUT2D eigenvalue weighted by Gasteiger charge is -2.30. The highest BCUT2D eigenvalue weighted by Crippen LogP contribution is 2.30. The van der Waals surface area contributed by atoms with E-state index in [1.807, 2.05) is 0 Å². The van der Waals surface area contributed by atoms with Crippen LogP contribution in [0.5, 0.6) is 0 Å². The second kappa shape index (κ2) is 4.49. The van der Waals surface area contributed by atoms with Crippen molar-refractivity contribution in [2.45, 2.75) is 12.8 Å². The minimum atomic E-state index is -3.82. The Morgan fingerprint density at radius 2 is 2.17 bits per heavy atom. The summed E-state index contributed by atoms with van der Waals surface area (Å²) in [6.45, 7) is 0.312. The summed E-state index contributed by atoms with van der Waals surface area (Å²) >= 11 is 0. The van der Waals surface area contributed by atoms with Crippen molar-refractivity contribution in [3.63, 3.8) is 0 Å². The second-order valence-electron chi connectivity index (χ2n) is 4.21. The van der Waals surface area contributed by atoms with Crippen LogP contribution >= 0.6 is 0 Å². The Labute approximate surface area is 105 Å². The number of anilines is 2. The molecule has 1 aliphatic heterocycles. The fourth-order valence-electron chi connectivity index (χ4n) is 2.11. The van der Waals surface area contributed by atoms with E-state index in [0.29, 0.717) is 24.3 Å². The Morgan fingerprint density at radius 1 is 1.44 bits per heavy atom. The van der Waals surface area contributed by atoms with E-state index in [9.17, 15) is 13.2 Å². The standard InChI is InChI=1S/C11H14N2O4S/c12-9-3-4-10-8(6-9)2-1-5-13(10)18(16,17)7-11(14)15/h3-4,6H,1-2,5,7,12H2,(H,14,15). The van der Waals surface area contributed by atoms with Crippen LogP contribution in [0.3, 0.4) is 0 Å². The number of benzene rings is 1. The van der Waals surface area contributed by atoms with Crippen LogP contribution in [0.2, 0.25) is 0 Å². The van der Waals surface area contributed by atoms with E-state index in [1.165, 1.54) is 4.31 Å². The van der Waals surface area contributed by atoms with Gasteiger partial charge >= 0.3 is 5.97 Å². The number of nitrogen functional groups attached to an aromatic ring is 1. The second-order valence-corrected chi connectivity index (χ2v) is 6.11. The Bertz CT molecular complexity index is 583. The average molecular weight is 270 g/mol. The molecular weight excluding hydrogens is 256 g/mol. The highest BCUT2D eigenvalue weighted by molar-refractivity contribution is 7.93. The van der Waals surface area contributed by atoms with Gasteiger partial charge in [-0.2, -0.15) is 0 Å². The van der Waals surface area contributed by atoms with Crippen molar-refractivity contribution in [1.82, 2.24) is 0 Å². The van der Waals surface area contributed by atoms with Gasteiger partial charge in [-0.15, -0.1) is 0 Å². The number of carboxylic acid groups (broad SMARTS) is 1. The number of nitrogens with two attached hydrogens (primary N) is 1. The molecule has 0 bridgehead atoms. The zero-order valence-corrected chi connectivity index (χ0v) is 10.5. The number of rotatable bonds is 3. The van der Waals surface area contributed by atoms with Crippen LogP contribution in [0.4, 0.5) is 11.4 Å². The quantitative estimate of drug-likeness (QED) is 0.776. The van der Waals surface area contributed by atoms with Gasteiger partial charge in [0.25, 0.3) is 0 Å². The highest BCUT2D eigenvalue weighted by atomic mass is 32.2. The summed E-state index contributed by atoms with van der Waals surface area (Å²) in [6, 6.07) is 4.98. The van der Waals surface area contributed by atoms with Crippen LogP contribution in [0.1, 0.15) is 12.0 Å². The van der Waals surface area contributed by atoms with Gasteiger partial charge in [0.2, 0.25) is 10.0 Å². The van der Waals surface area contributed by atoms with Gasteiger partial charge in [0.05, 0.1) is 5.69 Å². The third-order valence-corrected chi connectivity index (χ3v) is 4.48. The van der Waals surface area contributed by atoms with Gasteiger partial charge < -0.3 is 10.8 Å². The van der Waals surface area contributed by atoms with Crippen molar-refractivity contribution in [3.05, 3.63) is 23.8 Å². The molecule has 0 saturated heterocycles. The number of aliphatic carboxylic acids is 1. The topological polar surface area (TPSA) is 101 Å². The molecule has 1 aromatic rings. The number of hydrogen-bond acceptors (Lipinski definition) is 4. The number of sulfonamides is 1. The van der Waals surface area contributed by atoms with Gasteiger partial charge in [0, 0.05) is 12.2 Å². The zero-order chi connectivity index (χ0) is 13.3. The molecule has 0 aliphatic carbocycles. The number of carbonyl (C=O) groups is 1. The van der Waals surface area contributed by atoms with Crippen molar-refractivity contribution in [2.75, 3.05) is 22.3 Å². The maximum absolute atomic E-state index is 12.0. The molecule has 7 heteroatoms. The summed E-state index contributed by atoms with van der Waals surface area (Å²) in [6.07, 6.45) is 1.41.